The SMILES string of the molecule is CC(C)(C)c1ccccc1Oc1ncccc1Nc1nc2cc(F)c(F)cc2[nH]1. The van der Waals surface area contributed by atoms with Crippen molar-refractivity contribution in [2.24, 2.45) is 0 Å². The lowest BCUT2D eigenvalue weighted by molar-refractivity contribution is 0.442. The summed E-state index contributed by atoms with van der Waals surface area (Å²) < 4.78 is 33.0. The van der Waals surface area contributed by atoms with Crippen LogP contribution in [0, 0.1) is 11.6 Å². The van der Waals surface area contributed by atoms with E-state index in [1.165, 1.54) is 0 Å². The summed E-state index contributed by atoms with van der Waals surface area (Å²) in [6.45, 7) is 6.33. The van der Waals surface area contributed by atoms with Gasteiger partial charge in [-0.15, -0.1) is 0 Å². The summed E-state index contributed by atoms with van der Waals surface area (Å²) in [7, 11) is 0. The van der Waals surface area contributed by atoms with Crippen LogP contribution in [0.15, 0.2) is 54.7 Å². The fourth-order valence-electron chi connectivity index (χ4n) is 3.04. The second-order valence-corrected chi connectivity index (χ2v) is 7.70. The molecule has 0 aliphatic heterocycles. The van der Waals surface area contributed by atoms with E-state index < -0.39 is 11.6 Å². The zero-order valence-corrected chi connectivity index (χ0v) is 16.3. The fourth-order valence-corrected chi connectivity index (χ4v) is 3.04. The Morgan fingerprint density at radius 3 is 2.55 bits per heavy atom. The smallest absolute Gasteiger partial charge is 0.243 e. The van der Waals surface area contributed by atoms with Crippen molar-refractivity contribution in [2.45, 2.75) is 26.2 Å². The van der Waals surface area contributed by atoms with Gasteiger partial charge in [0, 0.05) is 23.9 Å². The molecule has 2 aromatic carbocycles. The quantitative estimate of drug-likeness (QED) is 0.441. The molecular formula is C22H20F2N4O. The molecule has 0 fully saturated rings. The summed E-state index contributed by atoms with van der Waals surface area (Å²) in [4.78, 5) is 11.5. The number of nitrogens with zero attached hydrogens (tertiary/aromatic N) is 2. The van der Waals surface area contributed by atoms with E-state index in [0.717, 1.165) is 17.7 Å². The average molecular weight is 394 g/mol. The van der Waals surface area contributed by atoms with Gasteiger partial charge in [-0.05, 0) is 23.6 Å². The monoisotopic (exact) mass is 394 g/mol. The van der Waals surface area contributed by atoms with Crippen molar-refractivity contribution in [3.05, 3.63) is 71.9 Å². The number of nitrogens with one attached hydrogen (secondary N) is 2. The number of halogens is 2. The van der Waals surface area contributed by atoms with E-state index in [9.17, 15) is 8.78 Å². The molecule has 2 aromatic heterocycles. The molecule has 2 N–H and O–H groups in total. The zero-order chi connectivity index (χ0) is 20.6. The van der Waals surface area contributed by atoms with Gasteiger partial charge in [0.2, 0.25) is 11.8 Å². The minimum atomic E-state index is -0.945. The van der Waals surface area contributed by atoms with E-state index >= 15 is 0 Å². The first-order chi connectivity index (χ1) is 13.8. The van der Waals surface area contributed by atoms with Crippen LogP contribution in [0.1, 0.15) is 26.3 Å². The van der Waals surface area contributed by atoms with Crippen LogP contribution in [-0.4, -0.2) is 15.0 Å². The highest BCUT2D eigenvalue weighted by Crippen LogP contribution is 2.36. The minimum absolute atomic E-state index is 0.105. The Balaban J connectivity index is 1.67. The van der Waals surface area contributed by atoms with Crippen molar-refractivity contribution in [2.75, 3.05) is 5.32 Å². The summed E-state index contributed by atoms with van der Waals surface area (Å²) in [5.41, 5.74) is 2.21. The molecule has 29 heavy (non-hydrogen) atoms. The fraction of sp³-hybridized carbons (Fsp3) is 0.182. The van der Waals surface area contributed by atoms with Crippen molar-refractivity contribution < 1.29 is 13.5 Å². The summed E-state index contributed by atoms with van der Waals surface area (Å²) in [5, 5.41) is 3.08. The molecule has 0 unspecified atom stereocenters. The highest BCUT2D eigenvalue weighted by atomic mass is 19.2. The number of anilines is 2. The summed E-state index contributed by atoms with van der Waals surface area (Å²) >= 11 is 0. The van der Waals surface area contributed by atoms with E-state index in [1.54, 1.807) is 18.3 Å². The molecule has 0 spiro atoms. The van der Waals surface area contributed by atoms with Gasteiger partial charge in [-0.2, -0.15) is 0 Å². The number of hydrogen-bond donors (Lipinski definition) is 2. The lowest BCUT2D eigenvalue weighted by Crippen LogP contribution is -2.12. The third-order valence-corrected chi connectivity index (χ3v) is 4.45. The molecule has 0 amide bonds. The summed E-state index contributed by atoms with van der Waals surface area (Å²) in [5.74, 6) is -0.485. The molecule has 2 heterocycles. The van der Waals surface area contributed by atoms with E-state index in [0.29, 0.717) is 34.3 Å². The van der Waals surface area contributed by atoms with Gasteiger partial charge < -0.3 is 15.0 Å². The number of imidazole rings is 1. The topological polar surface area (TPSA) is 62.8 Å². The van der Waals surface area contributed by atoms with Gasteiger partial charge in [-0.25, -0.2) is 18.7 Å². The van der Waals surface area contributed by atoms with Crippen molar-refractivity contribution in [1.29, 1.82) is 0 Å². The maximum Gasteiger partial charge on any atom is 0.243 e. The molecule has 4 rings (SSSR count). The lowest BCUT2D eigenvalue weighted by atomic mass is 9.86. The predicted molar refractivity (Wildman–Crippen MR) is 109 cm³/mol. The zero-order valence-electron chi connectivity index (χ0n) is 16.3. The summed E-state index contributed by atoms with van der Waals surface area (Å²) in [6.07, 6.45) is 1.63. The number of rotatable bonds is 4. The van der Waals surface area contributed by atoms with Gasteiger partial charge in [-0.3, -0.25) is 0 Å². The van der Waals surface area contributed by atoms with Crippen molar-refractivity contribution in [1.82, 2.24) is 15.0 Å². The number of pyridine rings is 1. The molecule has 5 nitrogen and oxygen atoms in total. The molecule has 0 bridgehead atoms. The van der Waals surface area contributed by atoms with Gasteiger partial charge in [0.05, 0.1) is 11.0 Å². The van der Waals surface area contributed by atoms with Crippen LogP contribution in [0.2, 0.25) is 0 Å². The second-order valence-electron chi connectivity index (χ2n) is 7.70. The van der Waals surface area contributed by atoms with Gasteiger partial charge >= 0.3 is 0 Å². The van der Waals surface area contributed by atoms with Crippen LogP contribution >= 0.6 is 0 Å². The molecule has 148 valence electrons. The Kier molecular flexibility index (Phi) is 4.66. The number of fused-ring (bicyclic) bond motifs is 1. The predicted octanol–water partition coefficient (Wildman–Crippen LogP) is 6.07. The molecule has 7 heteroatoms. The van der Waals surface area contributed by atoms with Gasteiger partial charge in [0.25, 0.3) is 0 Å². The first-order valence-corrected chi connectivity index (χ1v) is 9.15. The molecule has 0 atom stereocenters. The van der Waals surface area contributed by atoms with Crippen LogP contribution in [0.5, 0.6) is 11.6 Å². The number of benzene rings is 2. The maximum atomic E-state index is 13.5. The number of ether oxygens (including phenoxy) is 1. The van der Waals surface area contributed by atoms with Crippen LogP contribution < -0.4 is 10.1 Å². The Morgan fingerprint density at radius 2 is 1.76 bits per heavy atom. The van der Waals surface area contributed by atoms with Crippen LogP contribution in [0.3, 0.4) is 0 Å². The number of para-hydroxylation sites is 1. The number of H-pyrrole nitrogens is 1. The lowest BCUT2D eigenvalue weighted by Gasteiger charge is -2.22. The highest BCUT2D eigenvalue weighted by molar-refractivity contribution is 5.79. The average Bonchev–Trinajstić information content (AvgIpc) is 3.04. The van der Waals surface area contributed by atoms with E-state index in [-0.39, 0.29) is 5.41 Å². The molecular weight excluding hydrogens is 374 g/mol. The molecule has 0 aliphatic carbocycles. The largest absolute Gasteiger partial charge is 0.437 e. The van der Waals surface area contributed by atoms with E-state index in [4.69, 9.17) is 4.74 Å². The van der Waals surface area contributed by atoms with E-state index in [2.05, 4.69) is 41.0 Å². The van der Waals surface area contributed by atoms with Crippen LogP contribution in [0.4, 0.5) is 20.4 Å². The first kappa shape index (κ1) is 18.9. The van der Waals surface area contributed by atoms with Crippen molar-refractivity contribution in [3.63, 3.8) is 0 Å². The summed E-state index contributed by atoms with van der Waals surface area (Å²) in [6, 6.07) is 13.5. The molecule has 0 radical (unpaired) electrons. The van der Waals surface area contributed by atoms with Gasteiger partial charge in [0.1, 0.15) is 11.4 Å². The standard InChI is InChI=1S/C22H20F2N4O/c1-22(2,3)13-7-4-5-9-19(13)29-20-16(8-6-10-25-20)26-21-27-17-11-14(23)15(24)12-18(17)28-21/h4-12H,1-3H3,(H2,26,27,28). The third kappa shape index (κ3) is 3.89. The van der Waals surface area contributed by atoms with E-state index in [1.807, 2.05) is 24.3 Å². The first-order valence-electron chi connectivity index (χ1n) is 9.15. The van der Waals surface area contributed by atoms with Gasteiger partial charge in [-0.1, -0.05) is 39.0 Å². The normalized spacial score (nSPS) is 11.6. The Bertz CT molecular complexity index is 1140. The van der Waals surface area contributed by atoms with Crippen LogP contribution in [-0.2, 0) is 5.41 Å². The Labute approximate surface area is 166 Å². The van der Waals surface area contributed by atoms with Gasteiger partial charge in [0.15, 0.2) is 11.6 Å². The molecule has 4 aromatic rings. The number of aromatic nitrogens is 3. The molecule has 0 saturated heterocycles. The van der Waals surface area contributed by atoms with Crippen LogP contribution in [0.25, 0.3) is 11.0 Å². The molecule has 0 saturated carbocycles. The van der Waals surface area contributed by atoms with Crippen molar-refractivity contribution >= 4 is 22.7 Å². The van der Waals surface area contributed by atoms with Crippen molar-refractivity contribution in [3.8, 4) is 11.6 Å². The highest BCUT2D eigenvalue weighted by Gasteiger charge is 2.20. The Morgan fingerprint density at radius 1 is 1.00 bits per heavy atom. The number of hydrogen-bond acceptors (Lipinski definition) is 4. The Hall–Kier alpha value is -3.48. The number of aromatic amines is 1. The second kappa shape index (κ2) is 7.16. The third-order valence-electron chi connectivity index (χ3n) is 4.45. The minimum Gasteiger partial charge on any atom is -0.437 e. The maximum absolute atomic E-state index is 13.5. The molecule has 0 aliphatic rings.